The minimum absolute atomic E-state index is 0.0184. The number of hydrogen-bond acceptors (Lipinski definition) is 5. The maximum absolute atomic E-state index is 12.5. The third kappa shape index (κ3) is 3.99. The number of benzene rings is 2. The van der Waals surface area contributed by atoms with Crippen LogP contribution in [-0.2, 0) is 9.59 Å². The third-order valence-corrected chi connectivity index (χ3v) is 5.80. The van der Waals surface area contributed by atoms with E-state index in [1.807, 2.05) is 44.2 Å². The maximum Gasteiger partial charge on any atom is 0.300 e. The Balaban J connectivity index is 1.30. The normalized spacial score (nSPS) is 17.3. The highest BCUT2D eigenvalue weighted by Gasteiger charge is 2.36. The Kier molecular flexibility index (Phi) is 5.65. The molecule has 7 nitrogen and oxygen atoms in total. The molecule has 1 N–H and O–H groups in total. The van der Waals surface area contributed by atoms with Gasteiger partial charge in [0.1, 0.15) is 0 Å². The van der Waals surface area contributed by atoms with E-state index in [0.29, 0.717) is 24.5 Å². The number of para-hydroxylation sites is 2. The predicted octanol–water partition coefficient (Wildman–Crippen LogP) is 2.05. The Morgan fingerprint density at radius 3 is 2.23 bits per heavy atom. The molecule has 0 aromatic heterocycles. The van der Waals surface area contributed by atoms with Gasteiger partial charge in [0.2, 0.25) is 5.91 Å². The van der Waals surface area contributed by atoms with Gasteiger partial charge in [-0.2, -0.15) is 0 Å². The second-order valence-electron chi connectivity index (χ2n) is 7.93. The van der Waals surface area contributed by atoms with Crippen LogP contribution in [0.2, 0.25) is 0 Å². The number of amides is 2. The summed E-state index contributed by atoms with van der Waals surface area (Å²) in [6, 6.07) is 13.1. The molecule has 0 spiro atoms. The van der Waals surface area contributed by atoms with Crippen molar-refractivity contribution in [3.63, 3.8) is 0 Å². The number of nitrogens with one attached hydrogen (secondary N) is 1. The first-order chi connectivity index (χ1) is 14.4. The number of anilines is 2. The van der Waals surface area contributed by atoms with Gasteiger partial charge in [0.15, 0.2) is 0 Å². The molecule has 0 unspecified atom stereocenters. The van der Waals surface area contributed by atoms with E-state index in [9.17, 15) is 14.4 Å². The summed E-state index contributed by atoms with van der Waals surface area (Å²) in [4.78, 5) is 42.8. The fourth-order valence-corrected chi connectivity index (χ4v) is 4.07. The van der Waals surface area contributed by atoms with Gasteiger partial charge >= 0.3 is 5.91 Å². The smallest absolute Gasteiger partial charge is 0.300 e. The zero-order valence-electron chi connectivity index (χ0n) is 17.4. The van der Waals surface area contributed by atoms with E-state index < -0.39 is 11.7 Å². The molecule has 2 heterocycles. The molecule has 156 valence electrons. The summed E-state index contributed by atoms with van der Waals surface area (Å²) >= 11 is 0. The van der Waals surface area contributed by atoms with E-state index in [0.717, 1.165) is 43.0 Å². The van der Waals surface area contributed by atoms with Gasteiger partial charge in [0.05, 0.1) is 24.5 Å². The Hall–Kier alpha value is -3.03. The number of piperazine rings is 1. The van der Waals surface area contributed by atoms with Crippen LogP contribution in [0, 0.1) is 13.8 Å². The standard InChI is InChI=1S/C23H26N4O3/c1-16-6-5-7-17(2)21(16)24-20(28)14-25-10-12-26(13-11-25)15-27-19-9-4-3-8-18(19)22(29)23(27)30/h3-9H,10-15H2,1-2H3,(H,24,28). The lowest BCUT2D eigenvalue weighted by molar-refractivity contribution is -0.117. The maximum atomic E-state index is 12.5. The first-order valence-electron chi connectivity index (χ1n) is 10.2. The first kappa shape index (κ1) is 20.3. The number of rotatable bonds is 5. The summed E-state index contributed by atoms with van der Waals surface area (Å²) in [6.07, 6.45) is 0. The summed E-state index contributed by atoms with van der Waals surface area (Å²) in [6.45, 7) is 7.65. The molecular formula is C23H26N4O3. The highest BCUT2D eigenvalue weighted by Crippen LogP contribution is 2.28. The number of carbonyl (C=O) groups is 3. The van der Waals surface area contributed by atoms with Gasteiger partial charge < -0.3 is 5.32 Å². The molecule has 1 saturated heterocycles. The molecular weight excluding hydrogens is 380 g/mol. The summed E-state index contributed by atoms with van der Waals surface area (Å²) in [5, 5.41) is 3.03. The van der Waals surface area contributed by atoms with Crippen molar-refractivity contribution in [2.24, 2.45) is 0 Å². The van der Waals surface area contributed by atoms with Crippen LogP contribution in [0.1, 0.15) is 21.5 Å². The molecule has 1 fully saturated rings. The average molecular weight is 406 g/mol. The molecule has 0 bridgehead atoms. The van der Waals surface area contributed by atoms with Crippen molar-refractivity contribution >= 4 is 29.0 Å². The van der Waals surface area contributed by atoms with Gasteiger partial charge in [-0.1, -0.05) is 30.3 Å². The molecule has 0 atom stereocenters. The molecule has 0 saturated carbocycles. The lowest BCUT2D eigenvalue weighted by Crippen LogP contribution is -2.52. The Morgan fingerprint density at radius 1 is 0.900 bits per heavy atom. The van der Waals surface area contributed by atoms with Gasteiger partial charge in [0, 0.05) is 31.9 Å². The van der Waals surface area contributed by atoms with Crippen LogP contribution < -0.4 is 10.2 Å². The van der Waals surface area contributed by atoms with E-state index in [1.165, 1.54) is 0 Å². The quantitative estimate of drug-likeness (QED) is 0.770. The monoisotopic (exact) mass is 406 g/mol. The topological polar surface area (TPSA) is 73.0 Å². The molecule has 0 aliphatic carbocycles. The molecule has 0 radical (unpaired) electrons. The van der Waals surface area contributed by atoms with Gasteiger partial charge in [-0.25, -0.2) is 0 Å². The van der Waals surface area contributed by atoms with Gasteiger partial charge in [-0.15, -0.1) is 0 Å². The second-order valence-corrected chi connectivity index (χ2v) is 7.93. The fourth-order valence-electron chi connectivity index (χ4n) is 4.07. The first-order valence-corrected chi connectivity index (χ1v) is 10.2. The molecule has 2 amide bonds. The number of aryl methyl sites for hydroxylation is 2. The number of carbonyl (C=O) groups excluding carboxylic acids is 3. The molecule has 2 aromatic carbocycles. The van der Waals surface area contributed by atoms with Crippen molar-refractivity contribution in [1.29, 1.82) is 0 Å². The van der Waals surface area contributed by atoms with Crippen molar-refractivity contribution in [2.75, 3.05) is 49.6 Å². The molecule has 7 heteroatoms. The summed E-state index contributed by atoms with van der Waals surface area (Å²) in [5.74, 6) is -0.922. The highest BCUT2D eigenvalue weighted by molar-refractivity contribution is 6.52. The highest BCUT2D eigenvalue weighted by atomic mass is 16.2. The molecule has 2 aromatic rings. The lowest BCUT2D eigenvalue weighted by atomic mass is 10.1. The van der Waals surface area contributed by atoms with Crippen LogP contribution in [0.5, 0.6) is 0 Å². The zero-order chi connectivity index (χ0) is 21.3. The van der Waals surface area contributed by atoms with E-state index in [-0.39, 0.29) is 5.91 Å². The van der Waals surface area contributed by atoms with Crippen molar-refractivity contribution in [1.82, 2.24) is 9.80 Å². The molecule has 30 heavy (non-hydrogen) atoms. The summed E-state index contributed by atoms with van der Waals surface area (Å²) in [5.41, 5.74) is 4.15. The van der Waals surface area contributed by atoms with Crippen molar-refractivity contribution in [2.45, 2.75) is 13.8 Å². The van der Waals surface area contributed by atoms with Crippen LogP contribution in [0.15, 0.2) is 42.5 Å². The zero-order valence-corrected chi connectivity index (χ0v) is 17.4. The number of nitrogens with zero attached hydrogens (tertiary/aromatic N) is 3. The Morgan fingerprint density at radius 2 is 1.53 bits per heavy atom. The third-order valence-electron chi connectivity index (χ3n) is 5.80. The number of Topliss-reactive ketones (excluding diaryl/α,β-unsaturated/α-hetero) is 1. The van der Waals surface area contributed by atoms with Gasteiger partial charge in [-0.3, -0.25) is 29.1 Å². The van der Waals surface area contributed by atoms with Crippen LogP contribution in [-0.4, -0.2) is 66.8 Å². The average Bonchev–Trinajstić information content (AvgIpc) is 2.97. The van der Waals surface area contributed by atoms with E-state index in [1.54, 1.807) is 17.0 Å². The van der Waals surface area contributed by atoms with Crippen molar-refractivity contribution in [3.8, 4) is 0 Å². The molecule has 2 aliphatic heterocycles. The molecule has 4 rings (SSSR count). The largest absolute Gasteiger partial charge is 0.324 e. The van der Waals surface area contributed by atoms with Gasteiger partial charge in [0.25, 0.3) is 5.78 Å². The molecule has 2 aliphatic rings. The summed E-state index contributed by atoms with van der Waals surface area (Å²) < 4.78 is 0. The predicted molar refractivity (Wildman–Crippen MR) is 116 cm³/mol. The van der Waals surface area contributed by atoms with Crippen molar-refractivity contribution < 1.29 is 14.4 Å². The fraction of sp³-hybridized carbons (Fsp3) is 0.348. The van der Waals surface area contributed by atoms with Crippen LogP contribution >= 0.6 is 0 Å². The lowest BCUT2D eigenvalue weighted by Gasteiger charge is -2.36. The van der Waals surface area contributed by atoms with Crippen LogP contribution in [0.25, 0.3) is 0 Å². The number of fused-ring (bicyclic) bond motifs is 1. The number of hydrogen-bond donors (Lipinski definition) is 1. The van der Waals surface area contributed by atoms with Crippen molar-refractivity contribution in [3.05, 3.63) is 59.2 Å². The van der Waals surface area contributed by atoms with Crippen LogP contribution in [0.3, 0.4) is 0 Å². The Labute approximate surface area is 176 Å². The minimum atomic E-state index is -0.466. The SMILES string of the molecule is Cc1cccc(C)c1NC(=O)CN1CCN(CN2C(=O)C(=O)c3ccccc32)CC1. The minimum Gasteiger partial charge on any atom is -0.324 e. The summed E-state index contributed by atoms with van der Waals surface area (Å²) in [7, 11) is 0. The number of ketones is 1. The van der Waals surface area contributed by atoms with Gasteiger partial charge in [-0.05, 0) is 37.1 Å². The second kappa shape index (κ2) is 8.38. The Bertz CT molecular complexity index is 975. The van der Waals surface area contributed by atoms with E-state index in [2.05, 4.69) is 15.1 Å². The van der Waals surface area contributed by atoms with Crippen LogP contribution in [0.4, 0.5) is 11.4 Å². The van der Waals surface area contributed by atoms with E-state index in [4.69, 9.17) is 0 Å². The van der Waals surface area contributed by atoms with E-state index >= 15 is 0 Å².